The molecule has 38 heavy (non-hydrogen) atoms. The van der Waals surface area contributed by atoms with E-state index in [2.05, 4.69) is 10.3 Å². The summed E-state index contributed by atoms with van der Waals surface area (Å²) in [5.74, 6) is -3.38. The van der Waals surface area contributed by atoms with Crippen LogP contribution in [0.1, 0.15) is 36.8 Å². The highest BCUT2D eigenvalue weighted by Crippen LogP contribution is 2.29. The van der Waals surface area contributed by atoms with Gasteiger partial charge >= 0.3 is 11.9 Å². The third-order valence-corrected chi connectivity index (χ3v) is 6.57. The Bertz CT molecular complexity index is 1180. The number of halogens is 2. The zero-order chi connectivity index (χ0) is 28.0. The van der Waals surface area contributed by atoms with E-state index in [1.165, 1.54) is 19.4 Å². The van der Waals surface area contributed by atoms with Crippen LogP contribution in [0.15, 0.2) is 30.5 Å². The molecule has 0 unspecified atom stereocenters. The Labute approximate surface area is 230 Å². The number of carbonyl (C=O) groups is 3. The van der Waals surface area contributed by atoms with Crippen LogP contribution in [0.4, 0.5) is 0 Å². The van der Waals surface area contributed by atoms with E-state index in [1.54, 1.807) is 39.0 Å². The predicted molar refractivity (Wildman–Crippen MR) is 138 cm³/mol. The molecular formula is C26H30Cl2N2O8. The molecule has 1 fully saturated rings. The van der Waals surface area contributed by atoms with Crippen molar-refractivity contribution in [3.63, 3.8) is 0 Å². The zero-order valence-corrected chi connectivity index (χ0v) is 22.9. The Hall–Kier alpha value is -3.08. The molecule has 3 rings (SSSR count). The summed E-state index contributed by atoms with van der Waals surface area (Å²) in [5, 5.41) is 13.7. The van der Waals surface area contributed by atoms with Crippen LogP contribution in [-0.4, -0.2) is 66.5 Å². The summed E-state index contributed by atoms with van der Waals surface area (Å²) >= 11 is 12.4. The van der Waals surface area contributed by atoms with E-state index < -0.39 is 53.7 Å². The number of nitrogens with one attached hydrogen (secondary N) is 1. The lowest BCUT2D eigenvalue weighted by Crippen LogP contribution is -2.47. The second kappa shape index (κ2) is 13.1. The molecule has 2 N–H and O–H groups in total. The minimum absolute atomic E-state index is 0.0468. The van der Waals surface area contributed by atoms with Crippen LogP contribution in [0.2, 0.25) is 10.0 Å². The predicted octanol–water partition coefficient (Wildman–Crippen LogP) is 3.59. The maximum Gasteiger partial charge on any atom is 0.331 e. The van der Waals surface area contributed by atoms with Crippen molar-refractivity contribution in [2.75, 3.05) is 20.3 Å². The molecule has 10 nitrogen and oxygen atoms in total. The van der Waals surface area contributed by atoms with E-state index in [4.69, 9.17) is 42.1 Å². The molecular weight excluding hydrogens is 539 g/mol. The maximum atomic E-state index is 13.0. The van der Waals surface area contributed by atoms with E-state index in [0.29, 0.717) is 16.5 Å². The number of hydrogen-bond acceptors (Lipinski definition) is 9. The summed E-state index contributed by atoms with van der Waals surface area (Å²) in [7, 11) is 1.33. The van der Waals surface area contributed by atoms with Gasteiger partial charge in [0.05, 0.1) is 26.2 Å². The third kappa shape index (κ3) is 7.27. The number of ether oxygens (including phenoxy) is 4. The summed E-state index contributed by atoms with van der Waals surface area (Å²) in [6, 6.07) is 5.24. The molecule has 1 aliphatic rings. The molecule has 2 heterocycles. The number of carbonyl (C=O) groups excluding carboxylic acids is 3. The SMILES string of the molecule is COc1ccnc(C(=O)N[C@H]2COC[C@H](Cc3ccc(Cl)cc3Cl)[C@@H](OC(=O)C(C)C)[C@H](C)OC2=O)c1O. The molecule has 206 valence electrons. The van der Waals surface area contributed by atoms with Gasteiger partial charge in [0.1, 0.15) is 12.2 Å². The van der Waals surface area contributed by atoms with Crippen LogP contribution in [0.25, 0.3) is 0 Å². The van der Waals surface area contributed by atoms with Crippen molar-refractivity contribution in [2.45, 2.75) is 45.4 Å². The van der Waals surface area contributed by atoms with Crippen molar-refractivity contribution >= 4 is 41.0 Å². The molecule has 0 radical (unpaired) electrons. The molecule has 0 aliphatic carbocycles. The molecule has 1 saturated heterocycles. The monoisotopic (exact) mass is 568 g/mol. The lowest BCUT2D eigenvalue weighted by atomic mass is 9.91. The normalized spacial score (nSPS) is 22.0. The number of benzene rings is 1. The topological polar surface area (TPSA) is 133 Å². The van der Waals surface area contributed by atoms with Gasteiger partial charge in [-0.2, -0.15) is 0 Å². The van der Waals surface area contributed by atoms with Gasteiger partial charge in [-0.25, -0.2) is 9.78 Å². The highest BCUT2D eigenvalue weighted by Gasteiger charge is 2.38. The number of hydrogen-bond donors (Lipinski definition) is 2. The summed E-state index contributed by atoms with van der Waals surface area (Å²) in [5.41, 5.74) is 0.418. The standard InChI is InChI=1S/C26H30Cl2N2O8/c1-13(2)25(33)38-23-14(3)37-26(34)19(30-24(32)21-22(31)20(35-4)7-8-29-21)12-36-11-16(23)9-15-5-6-17(27)10-18(15)28/h5-8,10,13-14,16,19,23,31H,9,11-12H2,1-4H3,(H,30,32)/t14-,16-,19-,23-/m0/s1. The van der Waals surface area contributed by atoms with E-state index in [9.17, 15) is 19.5 Å². The smallest absolute Gasteiger partial charge is 0.331 e. The van der Waals surface area contributed by atoms with Crippen LogP contribution in [0.3, 0.4) is 0 Å². The van der Waals surface area contributed by atoms with Gasteiger partial charge in [0.15, 0.2) is 23.2 Å². The molecule has 0 spiro atoms. The average molecular weight is 569 g/mol. The first kappa shape index (κ1) is 29.5. The van der Waals surface area contributed by atoms with Crippen molar-refractivity contribution in [3.05, 3.63) is 51.8 Å². The van der Waals surface area contributed by atoms with E-state index in [1.807, 2.05) is 0 Å². The molecule has 1 amide bonds. The highest BCUT2D eigenvalue weighted by molar-refractivity contribution is 6.35. The quantitative estimate of drug-likeness (QED) is 0.480. The number of pyridine rings is 1. The molecule has 0 bridgehead atoms. The fourth-order valence-corrected chi connectivity index (χ4v) is 4.40. The van der Waals surface area contributed by atoms with Gasteiger partial charge in [-0.15, -0.1) is 0 Å². The summed E-state index contributed by atoms with van der Waals surface area (Å²) < 4.78 is 22.2. The van der Waals surface area contributed by atoms with Crippen LogP contribution < -0.4 is 10.1 Å². The fourth-order valence-electron chi connectivity index (χ4n) is 3.92. The Morgan fingerprint density at radius 2 is 1.97 bits per heavy atom. The largest absolute Gasteiger partial charge is 0.503 e. The fraction of sp³-hybridized carbons (Fsp3) is 0.462. The van der Waals surface area contributed by atoms with E-state index >= 15 is 0 Å². The minimum atomic E-state index is -1.23. The minimum Gasteiger partial charge on any atom is -0.503 e. The Morgan fingerprint density at radius 1 is 1.24 bits per heavy atom. The van der Waals surface area contributed by atoms with Gasteiger partial charge < -0.3 is 29.4 Å². The van der Waals surface area contributed by atoms with E-state index in [0.717, 1.165) is 5.56 Å². The highest BCUT2D eigenvalue weighted by atomic mass is 35.5. The van der Waals surface area contributed by atoms with Gasteiger partial charge in [0.2, 0.25) is 0 Å². The molecule has 2 aromatic rings. The van der Waals surface area contributed by atoms with Crippen molar-refractivity contribution in [1.29, 1.82) is 0 Å². The van der Waals surface area contributed by atoms with Gasteiger partial charge in [-0.05, 0) is 31.0 Å². The van der Waals surface area contributed by atoms with Crippen molar-refractivity contribution in [1.82, 2.24) is 10.3 Å². The summed E-state index contributed by atoms with van der Waals surface area (Å²) in [4.78, 5) is 42.3. The maximum absolute atomic E-state index is 13.0. The van der Waals surface area contributed by atoms with Crippen LogP contribution in [0, 0.1) is 11.8 Å². The number of aromatic hydroxyl groups is 1. The van der Waals surface area contributed by atoms with Gasteiger partial charge in [-0.3, -0.25) is 9.59 Å². The second-order valence-corrected chi connectivity index (χ2v) is 10.0. The summed E-state index contributed by atoms with van der Waals surface area (Å²) in [6.07, 6.45) is -0.120. The number of cyclic esters (lactones) is 1. The van der Waals surface area contributed by atoms with Crippen LogP contribution in [-0.2, 0) is 30.2 Å². The average Bonchev–Trinajstić information content (AvgIpc) is 2.91. The van der Waals surface area contributed by atoms with Crippen LogP contribution in [0.5, 0.6) is 11.5 Å². The number of methoxy groups -OCH3 is 1. The summed E-state index contributed by atoms with van der Waals surface area (Å²) in [6.45, 7) is 4.82. The number of rotatable bonds is 7. The molecule has 1 aliphatic heterocycles. The molecule has 4 atom stereocenters. The van der Waals surface area contributed by atoms with E-state index in [-0.39, 0.29) is 24.7 Å². The lowest BCUT2D eigenvalue weighted by molar-refractivity contribution is -0.173. The number of aromatic nitrogens is 1. The van der Waals surface area contributed by atoms with Crippen molar-refractivity contribution < 1.29 is 38.4 Å². The number of nitrogens with zero attached hydrogens (tertiary/aromatic N) is 1. The lowest BCUT2D eigenvalue weighted by Gasteiger charge is -2.31. The first-order valence-corrected chi connectivity index (χ1v) is 12.7. The number of amides is 1. The molecule has 12 heteroatoms. The third-order valence-electron chi connectivity index (χ3n) is 5.98. The first-order valence-electron chi connectivity index (χ1n) is 12.0. The van der Waals surface area contributed by atoms with Gasteiger partial charge in [-0.1, -0.05) is 43.1 Å². The van der Waals surface area contributed by atoms with Gasteiger partial charge in [0.25, 0.3) is 5.91 Å². The zero-order valence-electron chi connectivity index (χ0n) is 21.4. The Balaban J connectivity index is 1.84. The van der Waals surface area contributed by atoms with Crippen molar-refractivity contribution in [2.24, 2.45) is 11.8 Å². The molecule has 1 aromatic carbocycles. The first-order chi connectivity index (χ1) is 18.0. The Morgan fingerprint density at radius 3 is 2.63 bits per heavy atom. The van der Waals surface area contributed by atoms with Crippen LogP contribution >= 0.6 is 23.2 Å². The molecule has 0 saturated carbocycles. The Kier molecular flexibility index (Phi) is 10.2. The number of esters is 2. The van der Waals surface area contributed by atoms with Crippen molar-refractivity contribution in [3.8, 4) is 11.5 Å². The molecule has 1 aromatic heterocycles. The second-order valence-electron chi connectivity index (χ2n) is 9.17. The van der Waals surface area contributed by atoms with Gasteiger partial charge in [0, 0.05) is 28.2 Å².